The van der Waals surface area contributed by atoms with Crippen LogP contribution in [-0.4, -0.2) is 24.6 Å². The molecule has 2 amide bonds. The summed E-state index contributed by atoms with van der Waals surface area (Å²) in [7, 11) is 0. The first-order valence-corrected chi connectivity index (χ1v) is 7.60. The van der Waals surface area contributed by atoms with Crippen molar-refractivity contribution < 1.29 is 14.3 Å². The second-order valence-corrected chi connectivity index (χ2v) is 5.66. The fourth-order valence-electron chi connectivity index (χ4n) is 2.08. The van der Waals surface area contributed by atoms with Crippen LogP contribution in [0.1, 0.15) is 38.9 Å². The van der Waals surface area contributed by atoms with Crippen LogP contribution in [0, 0.1) is 17.2 Å². The first-order chi connectivity index (χ1) is 10.9. The minimum atomic E-state index is -0.723. The van der Waals surface area contributed by atoms with Crippen molar-refractivity contribution in [3.05, 3.63) is 35.9 Å². The number of nitriles is 1. The van der Waals surface area contributed by atoms with Crippen LogP contribution in [0.5, 0.6) is 0 Å². The van der Waals surface area contributed by atoms with Crippen molar-refractivity contribution in [2.45, 2.75) is 39.3 Å². The molecule has 0 spiro atoms. The number of benzene rings is 1. The molecule has 1 unspecified atom stereocenters. The molecule has 0 aromatic heterocycles. The summed E-state index contributed by atoms with van der Waals surface area (Å²) < 4.78 is 5.31. The van der Waals surface area contributed by atoms with E-state index in [0.29, 0.717) is 6.42 Å². The second kappa shape index (κ2) is 9.46. The van der Waals surface area contributed by atoms with Crippen molar-refractivity contribution in [3.63, 3.8) is 0 Å². The Morgan fingerprint density at radius 1 is 1.22 bits per heavy atom. The summed E-state index contributed by atoms with van der Waals surface area (Å²) in [5.74, 6) is -0.177. The molecule has 0 aliphatic heterocycles. The molecule has 23 heavy (non-hydrogen) atoms. The van der Waals surface area contributed by atoms with Crippen LogP contribution in [0.15, 0.2) is 30.3 Å². The summed E-state index contributed by atoms with van der Waals surface area (Å²) >= 11 is 0. The number of nitrogens with one attached hydrogen (secondary N) is 2. The van der Waals surface area contributed by atoms with Gasteiger partial charge in [0.1, 0.15) is 18.7 Å². The number of rotatable bonds is 7. The Bertz CT molecular complexity index is 552. The van der Waals surface area contributed by atoms with Gasteiger partial charge in [-0.15, -0.1) is 0 Å². The van der Waals surface area contributed by atoms with E-state index in [1.807, 2.05) is 50.2 Å². The lowest BCUT2D eigenvalue weighted by Gasteiger charge is -2.21. The lowest BCUT2D eigenvalue weighted by Crippen LogP contribution is -2.47. The molecule has 6 heteroatoms. The predicted molar refractivity (Wildman–Crippen MR) is 86.3 cm³/mol. The maximum Gasteiger partial charge on any atom is 0.408 e. The highest BCUT2D eigenvalue weighted by Gasteiger charge is 2.23. The molecule has 0 aliphatic rings. The van der Waals surface area contributed by atoms with Crippen molar-refractivity contribution in [1.29, 1.82) is 5.26 Å². The molecule has 0 saturated heterocycles. The van der Waals surface area contributed by atoms with Gasteiger partial charge in [0, 0.05) is 0 Å². The molecule has 2 atom stereocenters. The van der Waals surface area contributed by atoms with Crippen molar-refractivity contribution in [1.82, 2.24) is 10.6 Å². The lowest BCUT2D eigenvalue weighted by atomic mass is 10.0. The third kappa shape index (κ3) is 6.83. The van der Waals surface area contributed by atoms with Crippen LogP contribution in [0.4, 0.5) is 4.79 Å². The number of ether oxygens (including phenoxy) is 1. The van der Waals surface area contributed by atoms with Crippen LogP contribution in [0.25, 0.3) is 0 Å². The SMILES string of the molecule is CC(C)C[C@H](NC(=O)OC(C)c1ccccc1)C(=O)NCC#N. The Kier molecular flexibility index (Phi) is 7.61. The number of carbonyl (C=O) groups excluding carboxylic acids is 2. The molecular formula is C17H23N3O3. The highest BCUT2D eigenvalue weighted by molar-refractivity contribution is 5.85. The largest absolute Gasteiger partial charge is 0.442 e. The van der Waals surface area contributed by atoms with Gasteiger partial charge in [0.15, 0.2) is 0 Å². The van der Waals surface area contributed by atoms with Crippen molar-refractivity contribution in [2.24, 2.45) is 5.92 Å². The number of nitrogens with zero attached hydrogens (tertiary/aromatic N) is 1. The van der Waals surface area contributed by atoms with Crippen LogP contribution >= 0.6 is 0 Å². The zero-order valence-corrected chi connectivity index (χ0v) is 13.7. The van der Waals surface area contributed by atoms with Crippen molar-refractivity contribution in [3.8, 4) is 6.07 Å². The molecule has 6 nitrogen and oxygen atoms in total. The van der Waals surface area contributed by atoms with Gasteiger partial charge in [-0.1, -0.05) is 44.2 Å². The summed E-state index contributed by atoms with van der Waals surface area (Å²) in [6, 6.07) is 10.5. The summed E-state index contributed by atoms with van der Waals surface area (Å²) in [6.45, 7) is 5.57. The Morgan fingerprint density at radius 2 is 1.87 bits per heavy atom. The van der Waals surface area contributed by atoms with Crippen LogP contribution < -0.4 is 10.6 Å². The highest BCUT2D eigenvalue weighted by Crippen LogP contribution is 2.16. The van der Waals surface area contributed by atoms with E-state index < -0.39 is 18.2 Å². The molecular weight excluding hydrogens is 294 g/mol. The number of hydrogen-bond donors (Lipinski definition) is 2. The predicted octanol–water partition coefficient (Wildman–Crippen LogP) is 2.53. The molecule has 0 heterocycles. The molecule has 0 fully saturated rings. The maximum atomic E-state index is 12.0. The van der Waals surface area contributed by atoms with Crippen LogP contribution in [0.3, 0.4) is 0 Å². The van der Waals surface area contributed by atoms with Crippen molar-refractivity contribution >= 4 is 12.0 Å². The minimum Gasteiger partial charge on any atom is -0.442 e. The normalized spacial score (nSPS) is 12.8. The monoisotopic (exact) mass is 317 g/mol. The van der Waals surface area contributed by atoms with Gasteiger partial charge >= 0.3 is 6.09 Å². The van der Waals surface area contributed by atoms with Crippen LogP contribution in [0.2, 0.25) is 0 Å². The van der Waals surface area contributed by atoms with Gasteiger partial charge in [-0.2, -0.15) is 5.26 Å². The maximum absolute atomic E-state index is 12.0. The first-order valence-electron chi connectivity index (χ1n) is 7.60. The molecule has 1 aromatic rings. The van der Waals surface area contributed by atoms with E-state index in [4.69, 9.17) is 10.00 Å². The van der Waals surface area contributed by atoms with Gasteiger partial charge in [-0.25, -0.2) is 4.79 Å². The first kappa shape index (κ1) is 18.5. The van der Waals surface area contributed by atoms with E-state index >= 15 is 0 Å². The number of carbonyl (C=O) groups is 2. The van der Waals surface area contributed by atoms with Gasteiger partial charge < -0.3 is 15.4 Å². The molecule has 0 bridgehead atoms. The topological polar surface area (TPSA) is 91.2 Å². The fourth-order valence-corrected chi connectivity index (χ4v) is 2.08. The van der Waals surface area contributed by atoms with Gasteiger partial charge in [0.25, 0.3) is 0 Å². The summed E-state index contributed by atoms with van der Waals surface area (Å²) in [5.41, 5.74) is 0.872. The summed E-state index contributed by atoms with van der Waals surface area (Å²) in [4.78, 5) is 24.0. The zero-order valence-electron chi connectivity index (χ0n) is 13.7. The number of hydrogen-bond acceptors (Lipinski definition) is 4. The molecule has 1 rings (SSSR count). The van der Waals surface area contributed by atoms with Gasteiger partial charge in [0.2, 0.25) is 5.91 Å². The molecule has 1 aromatic carbocycles. The summed E-state index contributed by atoms with van der Waals surface area (Å²) in [6.07, 6.45) is -0.608. The van der Waals surface area contributed by atoms with Crippen LogP contribution in [-0.2, 0) is 9.53 Å². The molecule has 0 aliphatic carbocycles. The van der Waals surface area contributed by atoms with E-state index in [2.05, 4.69) is 10.6 Å². The standard InChI is InChI=1S/C17H23N3O3/c1-12(2)11-15(16(21)19-10-9-18)20-17(22)23-13(3)14-7-5-4-6-8-14/h4-8,12-13,15H,10-11H2,1-3H3,(H,19,21)(H,20,22)/t13?,15-/m0/s1. The minimum absolute atomic E-state index is 0.0927. The Hall–Kier alpha value is -2.55. The third-order valence-electron chi connectivity index (χ3n) is 3.21. The van der Waals surface area contributed by atoms with Gasteiger partial charge in [-0.3, -0.25) is 4.79 Å². The van der Waals surface area contributed by atoms with E-state index in [-0.39, 0.29) is 18.4 Å². The average Bonchev–Trinajstić information content (AvgIpc) is 2.52. The molecule has 0 radical (unpaired) electrons. The van der Waals surface area contributed by atoms with Gasteiger partial charge in [0.05, 0.1) is 6.07 Å². The number of alkyl carbamates (subject to hydrolysis) is 1. The highest BCUT2D eigenvalue weighted by atomic mass is 16.6. The average molecular weight is 317 g/mol. The number of amides is 2. The summed E-state index contributed by atoms with van der Waals surface area (Å²) in [5, 5.41) is 13.6. The van der Waals surface area contributed by atoms with E-state index in [1.54, 1.807) is 6.92 Å². The lowest BCUT2D eigenvalue weighted by molar-refractivity contribution is -0.123. The fraction of sp³-hybridized carbons (Fsp3) is 0.471. The quantitative estimate of drug-likeness (QED) is 0.756. The third-order valence-corrected chi connectivity index (χ3v) is 3.21. The molecule has 2 N–H and O–H groups in total. The molecule has 124 valence electrons. The zero-order chi connectivity index (χ0) is 17.2. The van der Waals surface area contributed by atoms with E-state index in [1.165, 1.54) is 0 Å². The van der Waals surface area contributed by atoms with E-state index in [0.717, 1.165) is 5.56 Å². The van der Waals surface area contributed by atoms with Gasteiger partial charge in [-0.05, 0) is 24.8 Å². The van der Waals surface area contributed by atoms with E-state index in [9.17, 15) is 9.59 Å². The Balaban J connectivity index is 2.62. The Labute approximate surface area is 136 Å². The van der Waals surface area contributed by atoms with Crippen molar-refractivity contribution in [2.75, 3.05) is 6.54 Å². The smallest absolute Gasteiger partial charge is 0.408 e. The second-order valence-electron chi connectivity index (χ2n) is 5.66. The molecule has 0 saturated carbocycles. The Morgan fingerprint density at radius 3 is 2.43 bits per heavy atom.